The van der Waals surface area contributed by atoms with E-state index < -0.39 is 5.41 Å². The van der Waals surface area contributed by atoms with Crippen LogP contribution in [-0.2, 0) is 10.2 Å². The van der Waals surface area contributed by atoms with Crippen LogP contribution in [0.2, 0.25) is 0 Å². The Labute approximate surface area is 140 Å². The second-order valence-electron chi connectivity index (χ2n) is 6.27. The minimum atomic E-state index is -0.669. The maximum Gasteiger partial charge on any atom is 0.230 e. The van der Waals surface area contributed by atoms with Gasteiger partial charge in [0.15, 0.2) is 0 Å². The fourth-order valence-corrected chi connectivity index (χ4v) is 3.89. The molecule has 3 nitrogen and oxygen atoms in total. The number of benzene rings is 1. The molecule has 1 aromatic carbocycles. The SMILES string of the molecule is CN(C)C(CNC(=O)C1(c2ccccc2F)CC1)c1cccs1. The van der Waals surface area contributed by atoms with Gasteiger partial charge >= 0.3 is 0 Å². The Balaban J connectivity index is 1.71. The Morgan fingerprint density at radius 1 is 1.30 bits per heavy atom. The fourth-order valence-electron chi connectivity index (χ4n) is 2.97. The lowest BCUT2D eigenvalue weighted by molar-refractivity contribution is -0.123. The molecule has 0 bridgehead atoms. The minimum Gasteiger partial charge on any atom is -0.353 e. The number of halogens is 1. The third kappa shape index (κ3) is 3.16. The lowest BCUT2D eigenvalue weighted by atomic mass is 9.94. The number of nitrogens with zero attached hydrogens (tertiary/aromatic N) is 1. The van der Waals surface area contributed by atoms with E-state index >= 15 is 0 Å². The van der Waals surface area contributed by atoms with Gasteiger partial charge in [-0.2, -0.15) is 0 Å². The van der Waals surface area contributed by atoms with Crippen molar-refractivity contribution in [3.8, 4) is 0 Å². The third-order valence-corrected chi connectivity index (χ3v) is 5.50. The van der Waals surface area contributed by atoms with Gasteiger partial charge < -0.3 is 10.2 Å². The van der Waals surface area contributed by atoms with E-state index in [9.17, 15) is 9.18 Å². The number of likely N-dealkylation sites (N-methyl/N-ethyl adjacent to an activating group) is 1. The normalized spacial score (nSPS) is 17.0. The van der Waals surface area contributed by atoms with Gasteiger partial charge in [-0.05, 0) is 44.4 Å². The highest BCUT2D eigenvalue weighted by atomic mass is 32.1. The zero-order valence-corrected chi connectivity index (χ0v) is 14.2. The van der Waals surface area contributed by atoms with Crippen LogP contribution in [-0.4, -0.2) is 31.4 Å². The summed E-state index contributed by atoms with van der Waals surface area (Å²) >= 11 is 1.68. The molecule has 23 heavy (non-hydrogen) atoms. The molecule has 1 amide bonds. The van der Waals surface area contributed by atoms with Crippen molar-refractivity contribution in [1.82, 2.24) is 10.2 Å². The first kappa shape index (κ1) is 16.1. The van der Waals surface area contributed by atoms with Gasteiger partial charge in [-0.3, -0.25) is 4.79 Å². The van der Waals surface area contributed by atoms with Gasteiger partial charge in [0.2, 0.25) is 5.91 Å². The zero-order valence-electron chi connectivity index (χ0n) is 13.4. The molecule has 5 heteroatoms. The van der Waals surface area contributed by atoms with E-state index in [4.69, 9.17) is 0 Å². The number of carbonyl (C=O) groups excluding carboxylic acids is 1. The highest BCUT2D eigenvalue weighted by Crippen LogP contribution is 2.49. The molecule has 0 aliphatic heterocycles. The summed E-state index contributed by atoms with van der Waals surface area (Å²) in [6, 6.07) is 10.8. The second kappa shape index (κ2) is 6.42. The third-order valence-electron chi connectivity index (χ3n) is 4.52. The average Bonchev–Trinajstić information content (AvgIpc) is 3.16. The van der Waals surface area contributed by atoms with E-state index in [1.54, 1.807) is 29.5 Å². The standard InChI is InChI=1S/C18H21FN2OS/c1-21(2)15(16-8-5-11-23-16)12-20-17(22)18(9-10-18)13-6-3-4-7-14(13)19/h3-8,11,15H,9-10,12H2,1-2H3,(H,20,22). The number of nitrogens with one attached hydrogen (secondary N) is 1. The Kier molecular flexibility index (Phi) is 4.50. The molecule has 0 spiro atoms. The quantitative estimate of drug-likeness (QED) is 0.880. The summed E-state index contributed by atoms with van der Waals surface area (Å²) in [7, 11) is 4.00. The molecule has 3 rings (SSSR count). The summed E-state index contributed by atoms with van der Waals surface area (Å²) in [5, 5.41) is 5.08. The first-order valence-electron chi connectivity index (χ1n) is 7.78. The van der Waals surface area contributed by atoms with Crippen molar-refractivity contribution < 1.29 is 9.18 Å². The van der Waals surface area contributed by atoms with E-state index in [1.807, 2.05) is 25.5 Å². The van der Waals surface area contributed by atoms with Crippen LogP contribution in [0.15, 0.2) is 41.8 Å². The molecule has 1 aromatic heterocycles. The second-order valence-corrected chi connectivity index (χ2v) is 7.25. The van der Waals surface area contributed by atoms with Gasteiger partial charge in [0.25, 0.3) is 0 Å². The molecule has 0 saturated heterocycles. The van der Waals surface area contributed by atoms with Gasteiger partial charge in [-0.1, -0.05) is 24.3 Å². The molecule has 0 radical (unpaired) electrons. The van der Waals surface area contributed by atoms with Crippen molar-refractivity contribution in [2.75, 3.05) is 20.6 Å². The molecule has 2 aromatic rings. The Hall–Kier alpha value is -1.72. The van der Waals surface area contributed by atoms with Crippen molar-refractivity contribution in [2.24, 2.45) is 0 Å². The van der Waals surface area contributed by atoms with E-state index in [0.717, 1.165) is 0 Å². The van der Waals surface area contributed by atoms with Gasteiger partial charge in [0.1, 0.15) is 5.82 Å². The van der Waals surface area contributed by atoms with Crippen LogP contribution >= 0.6 is 11.3 Å². The largest absolute Gasteiger partial charge is 0.353 e. The zero-order chi connectivity index (χ0) is 16.4. The van der Waals surface area contributed by atoms with E-state index in [2.05, 4.69) is 16.3 Å². The van der Waals surface area contributed by atoms with Crippen LogP contribution in [0.25, 0.3) is 0 Å². The van der Waals surface area contributed by atoms with Gasteiger partial charge in [0, 0.05) is 17.0 Å². The first-order chi connectivity index (χ1) is 11.0. The molecule has 1 fully saturated rings. The Bertz CT molecular complexity index is 680. The molecule has 1 saturated carbocycles. The van der Waals surface area contributed by atoms with Crippen molar-refractivity contribution in [1.29, 1.82) is 0 Å². The smallest absolute Gasteiger partial charge is 0.230 e. The summed E-state index contributed by atoms with van der Waals surface area (Å²) in [6.45, 7) is 0.530. The lowest BCUT2D eigenvalue weighted by Gasteiger charge is -2.25. The fraction of sp³-hybridized carbons (Fsp3) is 0.389. The van der Waals surface area contributed by atoms with Crippen molar-refractivity contribution in [3.63, 3.8) is 0 Å². The van der Waals surface area contributed by atoms with Crippen molar-refractivity contribution >= 4 is 17.2 Å². The van der Waals surface area contributed by atoms with E-state index in [0.29, 0.717) is 24.9 Å². The predicted octanol–water partition coefficient (Wildman–Crippen LogP) is 3.34. The summed E-state index contributed by atoms with van der Waals surface area (Å²) in [5.41, 5.74) is -0.146. The van der Waals surface area contributed by atoms with Crippen LogP contribution in [0, 0.1) is 5.82 Å². The predicted molar refractivity (Wildman–Crippen MR) is 91.1 cm³/mol. The molecular formula is C18H21FN2OS. The Morgan fingerprint density at radius 3 is 2.61 bits per heavy atom. The number of carbonyl (C=O) groups is 1. The highest BCUT2D eigenvalue weighted by molar-refractivity contribution is 7.10. The maximum absolute atomic E-state index is 14.0. The summed E-state index contributed by atoms with van der Waals surface area (Å²) in [6.07, 6.45) is 1.43. The highest BCUT2D eigenvalue weighted by Gasteiger charge is 2.52. The van der Waals surface area contributed by atoms with Crippen LogP contribution in [0.5, 0.6) is 0 Å². The van der Waals surface area contributed by atoms with Crippen LogP contribution in [0.1, 0.15) is 29.3 Å². The number of thiophene rings is 1. The van der Waals surface area contributed by atoms with Crippen LogP contribution < -0.4 is 5.32 Å². The summed E-state index contributed by atoms with van der Waals surface area (Å²) in [4.78, 5) is 16.0. The van der Waals surface area contributed by atoms with Crippen molar-refractivity contribution in [3.05, 3.63) is 58.0 Å². The minimum absolute atomic E-state index is 0.0639. The maximum atomic E-state index is 14.0. The number of rotatable bonds is 6. The average molecular weight is 332 g/mol. The van der Waals surface area contributed by atoms with Crippen LogP contribution in [0.4, 0.5) is 4.39 Å². The molecule has 1 aliphatic carbocycles. The molecule has 1 N–H and O–H groups in total. The monoisotopic (exact) mass is 332 g/mol. The topological polar surface area (TPSA) is 32.3 Å². The van der Waals surface area contributed by atoms with Gasteiger partial charge in [0.05, 0.1) is 11.5 Å². The molecule has 122 valence electrons. The molecule has 1 aliphatic rings. The molecule has 1 unspecified atom stereocenters. The molecule has 1 atom stereocenters. The number of amides is 1. The van der Waals surface area contributed by atoms with E-state index in [-0.39, 0.29) is 17.8 Å². The molecule has 1 heterocycles. The van der Waals surface area contributed by atoms with E-state index in [1.165, 1.54) is 10.9 Å². The van der Waals surface area contributed by atoms with Crippen LogP contribution in [0.3, 0.4) is 0 Å². The molecular weight excluding hydrogens is 311 g/mol. The first-order valence-corrected chi connectivity index (χ1v) is 8.66. The van der Waals surface area contributed by atoms with Gasteiger partial charge in [-0.15, -0.1) is 11.3 Å². The van der Waals surface area contributed by atoms with Gasteiger partial charge in [-0.25, -0.2) is 4.39 Å². The Morgan fingerprint density at radius 2 is 2.04 bits per heavy atom. The summed E-state index contributed by atoms with van der Waals surface area (Å²) in [5.74, 6) is -0.353. The lowest BCUT2D eigenvalue weighted by Crippen LogP contribution is -2.40. The summed E-state index contributed by atoms with van der Waals surface area (Å²) < 4.78 is 14.0. The van der Waals surface area contributed by atoms with Crippen molar-refractivity contribution in [2.45, 2.75) is 24.3 Å². The number of hydrogen-bond donors (Lipinski definition) is 1. The number of hydrogen-bond acceptors (Lipinski definition) is 3.